The van der Waals surface area contributed by atoms with E-state index in [2.05, 4.69) is 43.5 Å². The molecule has 0 bridgehead atoms. The number of nitrogens with one attached hydrogen (secondary N) is 1. The molecular formula is C21H28IN7OS. The molecule has 31 heavy (non-hydrogen) atoms. The second kappa shape index (κ2) is 11.4. The molecule has 0 atom stereocenters. The Morgan fingerprint density at radius 1 is 1.16 bits per heavy atom. The van der Waals surface area contributed by atoms with Crippen molar-refractivity contribution in [1.82, 2.24) is 24.7 Å². The first kappa shape index (κ1) is 23.5. The molecule has 3 heterocycles. The number of rotatable bonds is 6. The fourth-order valence-electron chi connectivity index (χ4n) is 3.33. The third-order valence-electron chi connectivity index (χ3n) is 4.97. The third-order valence-corrected chi connectivity index (χ3v) is 5.78. The maximum atomic E-state index is 5.49. The molecule has 0 unspecified atom stereocenters. The van der Waals surface area contributed by atoms with E-state index in [0.717, 1.165) is 73.1 Å². The fraction of sp³-hybridized carbons (Fsp3) is 0.429. The van der Waals surface area contributed by atoms with Crippen molar-refractivity contribution < 1.29 is 4.52 Å². The number of nitrogens with zero attached hydrogens (tertiary/aromatic N) is 6. The minimum atomic E-state index is 0. The second-order valence-electron chi connectivity index (χ2n) is 7.04. The highest BCUT2D eigenvalue weighted by Crippen LogP contribution is 2.21. The molecule has 0 saturated carbocycles. The molecule has 4 rings (SSSR count). The molecule has 10 heteroatoms. The zero-order valence-electron chi connectivity index (χ0n) is 17.8. The van der Waals surface area contributed by atoms with Crippen LogP contribution in [-0.2, 0) is 13.0 Å². The largest absolute Gasteiger partial charge is 0.357 e. The first-order chi connectivity index (χ1) is 14.8. The van der Waals surface area contributed by atoms with Crippen LogP contribution in [0.25, 0.3) is 11.3 Å². The summed E-state index contributed by atoms with van der Waals surface area (Å²) < 4.78 is 9.89. The predicted molar refractivity (Wildman–Crippen MR) is 135 cm³/mol. The number of anilines is 1. The van der Waals surface area contributed by atoms with Crippen molar-refractivity contribution in [3.05, 3.63) is 47.9 Å². The molecule has 0 amide bonds. The Labute approximate surface area is 203 Å². The normalized spacial score (nSPS) is 14.5. The summed E-state index contributed by atoms with van der Waals surface area (Å²) in [5.41, 5.74) is 1.84. The van der Waals surface area contributed by atoms with Gasteiger partial charge in [-0.2, -0.15) is 4.37 Å². The first-order valence-electron chi connectivity index (χ1n) is 10.4. The standard InChI is InChI=1S/C21H27N7OS.HI/c1-3-19-24-21(30-26-19)28-12-10-27(11-13-28)20(22-4-2)23-15-17-14-18(29-25-17)16-8-6-5-7-9-16;/h5-9,14H,3-4,10-13,15H2,1-2H3,(H,22,23);1H. The van der Waals surface area contributed by atoms with Crippen LogP contribution in [0, 0.1) is 0 Å². The number of hydrogen-bond acceptors (Lipinski definition) is 7. The lowest BCUT2D eigenvalue weighted by Gasteiger charge is -2.36. The molecule has 8 nitrogen and oxygen atoms in total. The number of hydrogen-bond donors (Lipinski definition) is 1. The molecule has 1 aromatic carbocycles. The molecule has 0 aliphatic carbocycles. The van der Waals surface area contributed by atoms with Crippen LogP contribution in [0.2, 0.25) is 0 Å². The van der Waals surface area contributed by atoms with Crippen molar-refractivity contribution >= 4 is 46.6 Å². The molecule has 1 N–H and O–H groups in total. The van der Waals surface area contributed by atoms with Gasteiger partial charge in [0.1, 0.15) is 11.5 Å². The van der Waals surface area contributed by atoms with Gasteiger partial charge in [-0.3, -0.25) is 0 Å². The summed E-state index contributed by atoms with van der Waals surface area (Å²) >= 11 is 1.49. The average Bonchev–Trinajstić information content (AvgIpc) is 3.47. The fourth-order valence-corrected chi connectivity index (χ4v) is 4.13. The Kier molecular flexibility index (Phi) is 8.64. The molecule has 1 aliphatic rings. The van der Waals surface area contributed by atoms with Crippen molar-refractivity contribution in [3.63, 3.8) is 0 Å². The number of guanidine groups is 1. The minimum Gasteiger partial charge on any atom is -0.357 e. The van der Waals surface area contributed by atoms with Gasteiger partial charge in [-0.15, -0.1) is 24.0 Å². The lowest BCUT2D eigenvalue weighted by Crippen LogP contribution is -2.52. The summed E-state index contributed by atoms with van der Waals surface area (Å²) in [5.74, 6) is 2.60. The van der Waals surface area contributed by atoms with Crippen molar-refractivity contribution in [2.75, 3.05) is 37.6 Å². The smallest absolute Gasteiger partial charge is 0.205 e. The highest BCUT2D eigenvalue weighted by Gasteiger charge is 2.22. The van der Waals surface area contributed by atoms with E-state index >= 15 is 0 Å². The van der Waals surface area contributed by atoms with E-state index in [9.17, 15) is 0 Å². The van der Waals surface area contributed by atoms with E-state index in [4.69, 9.17) is 9.52 Å². The number of halogens is 1. The Morgan fingerprint density at radius 3 is 2.61 bits per heavy atom. The Balaban J connectivity index is 0.00000272. The van der Waals surface area contributed by atoms with Crippen LogP contribution in [0.1, 0.15) is 25.4 Å². The number of benzene rings is 1. The monoisotopic (exact) mass is 553 g/mol. The molecule has 0 spiro atoms. The maximum absolute atomic E-state index is 5.49. The Hall–Kier alpha value is -2.21. The van der Waals surface area contributed by atoms with Gasteiger partial charge < -0.3 is 19.6 Å². The lowest BCUT2D eigenvalue weighted by molar-refractivity contribution is 0.371. The van der Waals surface area contributed by atoms with Gasteiger partial charge in [-0.05, 0) is 6.92 Å². The summed E-state index contributed by atoms with van der Waals surface area (Å²) in [6.45, 7) is 9.07. The van der Waals surface area contributed by atoms with Crippen LogP contribution in [0.5, 0.6) is 0 Å². The van der Waals surface area contributed by atoms with Gasteiger partial charge in [-0.25, -0.2) is 9.98 Å². The van der Waals surface area contributed by atoms with Gasteiger partial charge >= 0.3 is 0 Å². The highest BCUT2D eigenvalue weighted by molar-refractivity contribution is 14.0. The average molecular weight is 553 g/mol. The van der Waals surface area contributed by atoms with E-state index in [1.807, 2.05) is 36.4 Å². The SMILES string of the molecule is CCNC(=NCc1cc(-c2ccccc2)on1)N1CCN(c2nc(CC)ns2)CC1.I. The van der Waals surface area contributed by atoms with Crippen LogP contribution in [-0.4, -0.2) is 58.1 Å². The third kappa shape index (κ3) is 5.94. The zero-order valence-corrected chi connectivity index (χ0v) is 21.0. The molecule has 1 aliphatic heterocycles. The van der Waals surface area contributed by atoms with Gasteiger partial charge in [0.05, 0.1) is 6.54 Å². The first-order valence-corrected chi connectivity index (χ1v) is 11.2. The minimum absolute atomic E-state index is 0. The van der Waals surface area contributed by atoms with E-state index in [1.165, 1.54) is 11.5 Å². The summed E-state index contributed by atoms with van der Waals surface area (Å²) in [5, 5.41) is 8.60. The quantitative estimate of drug-likeness (QED) is 0.284. The molecule has 2 aromatic heterocycles. The number of aliphatic imine (C=N–C) groups is 1. The van der Waals surface area contributed by atoms with Crippen molar-refractivity contribution in [3.8, 4) is 11.3 Å². The molecule has 1 fully saturated rings. The van der Waals surface area contributed by atoms with Crippen LogP contribution >= 0.6 is 35.5 Å². The molecular weight excluding hydrogens is 525 g/mol. The highest BCUT2D eigenvalue weighted by atomic mass is 127. The van der Waals surface area contributed by atoms with Gasteiger partial charge in [0.15, 0.2) is 11.7 Å². The lowest BCUT2D eigenvalue weighted by atomic mass is 10.2. The van der Waals surface area contributed by atoms with Gasteiger partial charge in [0.2, 0.25) is 5.13 Å². The Bertz CT molecular complexity index is 967. The molecule has 0 radical (unpaired) electrons. The van der Waals surface area contributed by atoms with E-state index < -0.39 is 0 Å². The van der Waals surface area contributed by atoms with Crippen LogP contribution < -0.4 is 10.2 Å². The number of piperazine rings is 1. The van der Waals surface area contributed by atoms with Gasteiger partial charge in [0, 0.05) is 62.3 Å². The van der Waals surface area contributed by atoms with Crippen LogP contribution in [0.3, 0.4) is 0 Å². The Morgan fingerprint density at radius 2 is 1.94 bits per heavy atom. The summed E-state index contributed by atoms with van der Waals surface area (Å²) in [7, 11) is 0. The molecule has 166 valence electrons. The topological polar surface area (TPSA) is 82.7 Å². The van der Waals surface area contributed by atoms with Gasteiger partial charge in [-0.1, -0.05) is 42.4 Å². The number of aryl methyl sites for hydroxylation is 1. The maximum Gasteiger partial charge on any atom is 0.205 e. The zero-order chi connectivity index (χ0) is 20.8. The van der Waals surface area contributed by atoms with Crippen molar-refractivity contribution in [2.45, 2.75) is 26.8 Å². The number of aromatic nitrogens is 3. The molecule has 1 saturated heterocycles. The predicted octanol–water partition coefficient (Wildman–Crippen LogP) is 3.66. The molecule has 3 aromatic rings. The van der Waals surface area contributed by atoms with Gasteiger partial charge in [0.25, 0.3) is 0 Å². The summed E-state index contributed by atoms with van der Waals surface area (Å²) in [6.07, 6.45) is 0.877. The summed E-state index contributed by atoms with van der Waals surface area (Å²) in [4.78, 5) is 14.0. The van der Waals surface area contributed by atoms with E-state index in [1.54, 1.807) is 0 Å². The second-order valence-corrected chi connectivity index (χ2v) is 7.77. The van der Waals surface area contributed by atoms with Crippen LogP contribution in [0.4, 0.5) is 5.13 Å². The summed E-state index contributed by atoms with van der Waals surface area (Å²) in [6, 6.07) is 12.0. The van der Waals surface area contributed by atoms with Crippen molar-refractivity contribution in [2.24, 2.45) is 4.99 Å². The van der Waals surface area contributed by atoms with E-state index in [-0.39, 0.29) is 24.0 Å². The van der Waals surface area contributed by atoms with Crippen molar-refractivity contribution in [1.29, 1.82) is 0 Å². The van der Waals surface area contributed by atoms with E-state index in [0.29, 0.717) is 6.54 Å². The van der Waals surface area contributed by atoms with Crippen LogP contribution in [0.15, 0.2) is 45.9 Å².